The third-order valence-electron chi connectivity index (χ3n) is 1.29. The summed E-state index contributed by atoms with van der Waals surface area (Å²) in [5.74, 6) is 0. The topological polar surface area (TPSA) is 119 Å². The molecule has 0 aliphatic carbocycles. The summed E-state index contributed by atoms with van der Waals surface area (Å²) in [6.07, 6.45) is 0.436. The maximum Gasteiger partial charge on any atom is 0.333 e. The fourth-order valence-corrected chi connectivity index (χ4v) is 1.44. The Labute approximate surface area is 76.1 Å². The first-order chi connectivity index (χ1) is 5.99. The van der Waals surface area contributed by atoms with Crippen LogP contribution in [0.15, 0.2) is 0 Å². The lowest BCUT2D eigenvalue weighted by molar-refractivity contribution is -0.122. The zero-order valence-electron chi connectivity index (χ0n) is 6.84. The van der Waals surface area contributed by atoms with Crippen LogP contribution in [0.2, 0.25) is 0 Å². The highest BCUT2D eigenvalue weighted by atomic mass is 32.2. The lowest BCUT2D eigenvalue weighted by atomic mass is 10.3. The molecule has 0 aromatic heterocycles. The molecule has 0 spiro atoms. The molecule has 1 saturated heterocycles. The molecule has 1 heterocycles. The number of nitrogens with two attached hydrogens (primary N) is 1. The number of rotatable bonds is 2. The minimum absolute atomic E-state index is 0.250. The Kier molecular flexibility index (Phi) is 5.55. The SMILES string of the molecule is NS(=O)(=O)OC1CCNC1.O=CO. The average Bonchev–Trinajstić information content (AvgIpc) is 2.37. The fraction of sp³-hybridized carbons (Fsp3) is 0.800. The fourth-order valence-electron chi connectivity index (χ4n) is 0.900. The number of hydrogen-bond donors (Lipinski definition) is 3. The van der Waals surface area contributed by atoms with Crippen LogP contribution in [-0.2, 0) is 19.3 Å². The molecule has 0 aromatic carbocycles. The summed E-state index contributed by atoms with van der Waals surface area (Å²) in [5.41, 5.74) is 0. The van der Waals surface area contributed by atoms with Gasteiger partial charge in [-0.1, -0.05) is 0 Å². The largest absolute Gasteiger partial charge is 0.483 e. The predicted octanol–water partition coefficient (Wildman–Crippen LogP) is -1.73. The van der Waals surface area contributed by atoms with Gasteiger partial charge >= 0.3 is 10.3 Å². The van der Waals surface area contributed by atoms with Crippen LogP contribution in [0.4, 0.5) is 0 Å². The molecule has 78 valence electrons. The van der Waals surface area contributed by atoms with Crippen molar-refractivity contribution in [1.82, 2.24) is 5.32 Å². The lowest BCUT2D eigenvalue weighted by Crippen LogP contribution is -2.25. The van der Waals surface area contributed by atoms with Crippen LogP contribution >= 0.6 is 0 Å². The van der Waals surface area contributed by atoms with Crippen molar-refractivity contribution in [2.75, 3.05) is 13.1 Å². The van der Waals surface area contributed by atoms with E-state index in [9.17, 15) is 8.42 Å². The Morgan fingerprint density at radius 1 is 1.62 bits per heavy atom. The van der Waals surface area contributed by atoms with E-state index in [2.05, 4.69) is 14.6 Å². The van der Waals surface area contributed by atoms with Crippen LogP contribution in [0.3, 0.4) is 0 Å². The highest BCUT2D eigenvalue weighted by molar-refractivity contribution is 7.84. The van der Waals surface area contributed by atoms with Crippen LogP contribution < -0.4 is 10.5 Å². The first kappa shape index (κ1) is 12.3. The van der Waals surface area contributed by atoms with E-state index in [1.165, 1.54) is 0 Å². The van der Waals surface area contributed by atoms with Crippen molar-refractivity contribution in [2.45, 2.75) is 12.5 Å². The summed E-state index contributed by atoms with van der Waals surface area (Å²) in [6, 6.07) is 0. The van der Waals surface area contributed by atoms with Gasteiger partial charge in [0.1, 0.15) is 0 Å². The Hall–Kier alpha value is -0.700. The molecular formula is C5H12N2O5S. The maximum atomic E-state index is 10.3. The first-order valence-electron chi connectivity index (χ1n) is 3.49. The number of carbonyl (C=O) groups is 1. The zero-order valence-corrected chi connectivity index (χ0v) is 7.66. The molecule has 1 aliphatic rings. The second kappa shape index (κ2) is 5.86. The second-order valence-corrected chi connectivity index (χ2v) is 3.49. The summed E-state index contributed by atoms with van der Waals surface area (Å²) in [6.45, 7) is 1.11. The minimum atomic E-state index is -3.75. The molecule has 0 bridgehead atoms. The van der Waals surface area contributed by atoms with Crippen molar-refractivity contribution in [3.05, 3.63) is 0 Å². The minimum Gasteiger partial charge on any atom is -0.483 e. The van der Waals surface area contributed by atoms with E-state index < -0.39 is 10.3 Å². The highest BCUT2D eigenvalue weighted by Crippen LogP contribution is 2.04. The van der Waals surface area contributed by atoms with Crippen LogP contribution in [0, 0.1) is 0 Å². The number of nitrogens with one attached hydrogen (secondary N) is 1. The van der Waals surface area contributed by atoms with E-state index in [0.717, 1.165) is 6.54 Å². The molecule has 0 saturated carbocycles. The third-order valence-corrected chi connectivity index (χ3v) is 1.83. The molecule has 0 aromatic rings. The van der Waals surface area contributed by atoms with Crippen molar-refractivity contribution in [3.63, 3.8) is 0 Å². The van der Waals surface area contributed by atoms with Crippen molar-refractivity contribution >= 4 is 16.8 Å². The molecule has 1 rings (SSSR count). The van der Waals surface area contributed by atoms with Crippen molar-refractivity contribution < 1.29 is 22.5 Å². The zero-order chi connectivity index (χ0) is 10.3. The maximum absolute atomic E-state index is 10.3. The van der Waals surface area contributed by atoms with Gasteiger partial charge in [0.05, 0.1) is 6.10 Å². The van der Waals surface area contributed by atoms with Crippen LogP contribution in [-0.4, -0.2) is 39.2 Å². The van der Waals surface area contributed by atoms with Crippen LogP contribution in [0.1, 0.15) is 6.42 Å². The van der Waals surface area contributed by atoms with Crippen molar-refractivity contribution in [3.8, 4) is 0 Å². The molecule has 7 nitrogen and oxygen atoms in total. The smallest absolute Gasteiger partial charge is 0.333 e. The van der Waals surface area contributed by atoms with E-state index in [-0.39, 0.29) is 12.6 Å². The molecule has 0 amide bonds. The predicted molar refractivity (Wildman–Crippen MR) is 44.2 cm³/mol. The summed E-state index contributed by atoms with van der Waals surface area (Å²) in [4.78, 5) is 8.36. The standard InChI is InChI=1S/C4H10N2O3S.CH2O2/c5-10(7,8)9-4-1-2-6-3-4;2-1-3/h4,6H,1-3H2,(H2,5,7,8);1H,(H,2,3). The summed E-state index contributed by atoms with van der Waals surface area (Å²) in [7, 11) is -3.75. The summed E-state index contributed by atoms with van der Waals surface area (Å²) < 4.78 is 25.1. The van der Waals surface area contributed by atoms with Gasteiger partial charge in [0.2, 0.25) is 0 Å². The van der Waals surface area contributed by atoms with Crippen molar-refractivity contribution in [1.29, 1.82) is 0 Å². The molecule has 0 radical (unpaired) electrons. The summed E-state index contributed by atoms with van der Waals surface area (Å²) in [5, 5.41) is 14.5. The van der Waals surface area contributed by atoms with Gasteiger partial charge in [-0.05, 0) is 13.0 Å². The van der Waals surface area contributed by atoms with Gasteiger partial charge in [-0.15, -0.1) is 0 Å². The molecule has 4 N–H and O–H groups in total. The summed E-state index contributed by atoms with van der Waals surface area (Å²) >= 11 is 0. The van der Waals surface area contributed by atoms with Gasteiger partial charge < -0.3 is 10.4 Å². The van der Waals surface area contributed by atoms with E-state index >= 15 is 0 Å². The quantitative estimate of drug-likeness (QED) is 0.468. The Bertz CT molecular complexity index is 233. The molecule has 1 fully saturated rings. The first-order valence-corrected chi connectivity index (χ1v) is 4.96. The Morgan fingerprint density at radius 2 is 2.15 bits per heavy atom. The van der Waals surface area contributed by atoms with Crippen molar-refractivity contribution in [2.24, 2.45) is 5.14 Å². The number of hydrogen-bond acceptors (Lipinski definition) is 5. The van der Waals surface area contributed by atoms with Gasteiger partial charge in [0.15, 0.2) is 0 Å². The molecule has 8 heteroatoms. The van der Waals surface area contributed by atoms with Gasteiger partial charge in [-0.2, -0.15) is 8.42 Å². The van der Waals surface area contributed by atoms with Gasteiger partial charge in [0.25, 0.3) is 6.47 Å². The normalized spacial score (nSPS) is 21.8. The molecule has 1 atom stereocenters. The Morgan fingerprint density at radius 3 is 2.46 bits per heavy atom. The molecule has 13 heavy (non-hydrogen) atoms. The van der Waals surface area contributed by atoms with E-state index in [0.29, 0.717) is 13.0 Å². The number of carboxylic acid groups (broad SMARTS) is 1. The van der Waals surface area contributed by atoms with Gasteiger partial charge in [0, 0.05) is 6.54 Å². The highest BCUT2D eigenvalue weighted by Gasteiger charge is 2.19. The second-order valence-electron chi connectivity index (χ2n) is 2.31. The Balaban J connectivity index is 0.000000424. The van der Waals surface area contributed by atoms with Crippen LogP contribution in [0.25, 0.3) is 0 Å². The average molecular weight is 212 g/mol. The third kappa shape index (κ3) is 7.65. The molecular weight excluding hydrogens is 200 g/mol. The van der Waals surface area contributed by atoms with E-state index in [1.807, 2.05) is 0 Å². The molecule has 1 unspecified atom stereocenters. The van der Waals surface area contributed by atoms with Gasteiger partial charge in [-0.25, -0.2) is 5.14 Å². The van der Waals surface area contributed by atoms with Crippen LogP contribution in [0.5, 0.6) is 0 Å². The van der Waals surface area contributed by atoms with E-state index in [4.69, 9.17) is 9.90 Å². The monoisotopic (exact) mass is 212 g/mol. The van der Waals surface area contributed by atoms with E-state index in [1.54, 1.807) is 0 Å². The van der Waals surface area contributed by atoms with Gasteiger partial charge in [-0.3, -0.25) is 8.98 Å². The lowest BCUT2D eigenvalue weighted by Gasteiger charge is -2.05. The molecule has 1 aliphatic heterocycles.